The molecule has 0 aliphatic heterocycles. The fourth-order valence-electron chi connectivity index (χ4n) is 1.79. The standard InChI is InChI=1S/C14H18ClFO2/c1-4-18-14(9(2)3)13(17)7-10-5-6-11(16)8-12(10)15/h5-6,8-9,14H,4,7H2,1-3H3. The number of Topliss-reactive ketones (excluding diaryl/α,β-unsaturated/α-hetero) is 1. The van der Waals surface area contributed by atoms with Crippen molar-refractivity contribution in [1.29, 1.82) is 0 Å². The summed E-state index contributed by atoms with van der Waals surface area (Å²) in [7, 11) is 0. The van der Waals surface area contributed by atoms with E-state index in [1.807, 2.05) is 20.8 Å². The summed E-state index contributed by atoms with van der Waals surface area (Å²) in [6, 6.07) is 4.06. The average molecular weight is 273 g/mol. The predicted octanol–water partition coefficient (Wildman–Crippen LogP) is 3.65. The van der Waals surface area contributed by atoms with E-state index in [2.05, 4.69) is 0 Å². The lowest BCUT2D eigenvalue weighted by atomic mass is 9.97. The van der Waals surface area contributed by atoms with Gasteiger partial charge in [0.2, 0.25) is 0 Å². The molecule has 4 heteroatoms. The van der Waals surface area contributed by atoms with Crippen LogP contribution in [0.4, 0.5) is 4.39 Å². The van der Waals surface area contributed by atoms with Crippen LogP contribution in [0.1, 0.15) is 26.3 Å². The zero-order valence-electron chi connectivity index (χ0n) is 10.9. The van der Waals surface area contributed by atoms with Crippen LogP contribution in [0.25, 0.3) is 0 Å². The second-order valence-electron chi connectivity index (χ2n) is 4.50. The van der Waals surface area contributed by atoms with Crippen molar-refractivity contribution in [3.63, 3.8) is 0 Å². The molecule has 0 radical (unpaired) electrons. The molecule has 0 saturated carbocycles. The number of ether oxygens (including phenoxy) is 1. The number of ketones is 1. The van der Waals surface area contributed by atoms with E-state index in [0.717, 1.165) is 0 Å². The number of hydrogen-bond donors (Lipinski definition) is 0. The third kappa shape index (κ3) is 4.07. The Kier molecular flexibility index (Phi) is 5.76. The highest BCUT2D eigenvalue weighted by atomic mass is 35.5. The summed E-state index contributed by atoms with van der Waals surface area (Å²) in [4.78, 5) is 12.1. The molecule has 0 amide bonds. The van der Waals surface area contributed by atoms with Crippen molar-refractivity contribution >= 4 is 17.4 Å². The Morgan fingerprint density at radius 2 is 2.11 bits per heavy atom. The van der Waals surface area contributed by atoms with Gasteiger partial charge >= 0.3 is 0 Å². The second-order valence-corrected chi connectivity index (χ2v) is 4.91. The summed E-state index contributed by atoms with van der Waals surface area (Å²) in [5.41, 5.74) is 0.633. The zero-order valence-corrected chi connectivity index (χ0v) is 11.6. The fourth-order valence-corrected chi connectivity index (χ4v) is 2.02. The van der Waals surface area contributed by atoms with Gasteiger partial charge in [-0.05, 0) is 30.5 Å². The third-order valence-electron chi connectivity index (χ3n) is 2.65. The first-order valence-corrected chi connectivity index (χ1v) is 6.41. The SMILES string of the molecule is CCOC(C(=O)Cc1ccc(F)cc1Cl)C(C)C. The van der Waals surface area contributed by atoms with Gasteiger partial charge in [0.1, 0.15) is 11.9 Å². The zero-order chi connectivity index (χ0) is 13.7. The highest BCUT2D eigenvalue weighted by Gasteiger charge is 2.23. The maximum Gasteiger partial charge on any atom is 0.166 e. The van der Waals surface area contributed by atoms with E-state index in [1.165, 1.54) is 12.1 Å². The van der Waals surface area contributed by atoms with Gasteiger partial charge in [-0.1, -0.05) is 31.5 Å². The molecule has 0 saturated heterocycles. The van der Waals surface area contributed by atoms with E-state index in [0.29, 0.717) is 12.2 Å². The van der Waals surface area contributed by atoms with Crippen molar-refractivity contribution in [1.82, 2.24) is 0 Å². The molecule has 1 atom stereocenters. The van der Waals surface area contributed by atoms with Gasteiger partial charge in [-0.2, -0.15) is 0 Å². The lowest BCUT2D eigenvalue weighted by Gasteiger charge is -2.19. The second kappa shape index (κ2) is 6.86. The number of halogens is 2. The highest BCUT2D eigenvalue weighted by Crippen LogP contribution is 2.20. The Bertz CT molecular complexity index is 418. The summed E-state index contributed by atoms with van der Waals surface area (Å²) in [6.45, 7) is 6.22. The maximum atomic E-state index is 12.9. The minimum atomic E-state index is -0.434. The van der Waals surface area contributed by atoms with Crippen molar-refractivity contribution in [2.45, 2.75) is 33.3 Å². The predicted molar refractivity (Wildman–Crippen MR) is 70.4 cm³/mol. The molecule has 0 fully saturated rings. The van der Waals surface area contributed by atoms with E-state index in [-0.39, 0.29) is 23.1 Å². The van der Waals surface area contributed by atoms with Crippen LogP contribution in [0.3, 0.4) is 0 Å². The number of carbonyl (C=O) groups excluding carboxylic acids is 1. The molecule has 1 rings (SSSR count). The van der Waals surface area contributed by atoms with Gasteiger partial charge in [0.05, 0.1) is 0 Å². The van der Waals surface area contributed by atoms with E-state index in [1.54, 1.807) is 6.07 Å². The molecule has 0 heterocycles. The fraction of sp³-hybridized carbons (Fsp3) is 0.500. The molecule has 18 heavy (non-hydrogen) atoms. The van der Waals surface area contributed by atoms with Crippen LogP contribution in [-0.2, 0) is 16.0 Å². The smallest absolute Gasteiger partial charge is 0.166 e. The molecule has 100 valence electrons. The Balaban J connectivity index is 2.79. The van der Waals surface area contributed by atoms with Gasteiger partial charge < -0.3 is 4.74 Å². The first kappa shape index (κ1) is 15.1. The molecule has 1 aromatic carbocycles. The van der Waals surface area contributed by atoms with Gasteiger partial charge in [0.25, 0.3) is 0 Å². The molecule has 1 aromatic rings. The van der Waals surface area contributed by atoms with Crippen molar-refractivity contribution in [3.8, 4) is 0 Å². The number of rotatable bonds is 6. The topological polar surface area (TPSA) is 26.3 Å². The van der Waals surface area contributed by atoms with Gasteiger partial charge in [-0.25, -0.2) is 4.39 Å². The van der Waals surface area contributed by atoms with Crippen LogP contribution in [0.15, 0.2) is 18.2 Å². The van der Waals surface area contributed by atoms with Gasteiger partial charge in [-0.3, -0.25) is 4.79 Å². The van der Waals surface area contributed by atoms with Crippen LogP contribution in [-0.4, -0.2) is 18.5 Å². The Labute approximate surface area is 112 Å². The minimum Gasteiger partial charge on any atom is -0.370 e. The molecular weight excluding hydrogens is 255 g/mol. The molecule has 0 spiro atoms. The molecule has 1 unspecified atom stereocenters. The van der Waals surface area contributed by atoms with Crippen LogP contribution in [0.2, 0.25) is 5.02 Å². The largest absolute Gasteiger partial charge is 0.370 e. The Morgan fingerprint density at radius 1 is 1.44 bits per heavy atom. The molecule has 0 aliphatic rings. The molecule has 2 nitrogen and oxygen atoms in total. The number of benzene rings is 1. The molecule has 0 aromatic heterocycles. The summed E-state index contributed by atoms with van der Waals surface area (Å²) in [5.74, 6) is -0.321. The van der Waals surface area contributed by atoms with Crippen LogP contribution < -0.4 is 0 Å². The maximum absolute atomic E-state index is 12.9. The van der Waals surface area contributed by atoms with Crippen LogP contribution >= 0.6 is 11.6 Å². The summed E-state index contributed by atoms with van der Waals surface area (Å²) >= 11 is 5.90. The van der Waals surface area contributed by atoms with Crippen molar-refractivity contribution in [2.75, 3.05) is 6.61 Å². The monoisotopic (exact) mass is 272 g/mol. The highest BCUT2D eigenvalue weighted by molar-refractivity contribution is 6.31. The average Bonchev–Trinajstić information content (AvgIpc) is 2.29. The van der Waals surface area contributed by atoms with Gasteiger partial charge in [0.15, 0.2) is 5.78 Å². The molecular formula is C14H18ClFO2. The van der Waals surface area contributed by atoms with Crippen molar-refractivity contribution < 1.29 is 13.9 Å². The van der Waals surface area contributed by atoms with Crippen LogP contribution in [0.5, 0.6) is 0 Å². The summed E-state index contributed by atoms with van der Waals surface area (Å²) in [6.07, 6.45) is -0.266. The third-order valence-corrected chi connectivity index (χ3v) is 3.00. The molecule has 0 N–H and O–H groups in total. The summed E-state index contributed by atoms with van der Waals surface area (Å²) in [5, 5.41) is 0.280. The van der Waals surface area contributed by atoms with E-state index in [4.69, 9.17) is 16.3 Å². The molecule has 0 bridgehead atoms. The van der Waals surface area contributed by atoms with E-state index >= 15 is 0 Å². The first-order chi connectivity index (χ1) is 8.45. The van der Waals surface area contributed by atoms with E-state index < -0.39 is 11.9 Å². The quantitative estimate of drug-likeness (QED) is 0.790. The Morgan fingerprint density at radius 3 is 2.61 bits per heavy atom. The summed E-state index contributed by atoms with van der Waals surface area (Å²) < 4.78 is 18.3. The van der Waals surface area contributed by atoms with Gasteiger partial charge in [0, 0.05) is 18.1 Å². The minimum absolute atomic E-state index is 0.0274. The molecule has 0 aliphatic carbocycles. The van der Waals surface area contributed by atoms with Gasteiger partial charge in [-0.15, -0.1) is 0 Å². The van der Waals surface area contributed by atoms with Crippen LogP contribution in [0, 0.1) is 11.7 Å². The normalized spacial score (nSPS) is 12.8. The number of carbonyl (C=O) groups is 1. The van der Waals surface area contributed by atoms with Crippen molar-refractivity contribution in [2.24, 2.45) is 5.92 Å². The Hall–Kier alpha value is -0.930. The van der Waals surface area contributed by atoms with E-state index in [9.17, 15) is 9.18 Å². The lowest BCUT2D eigenvalue weighted by Crippen LogP contribution is -2.31. The first-order valence-electron chi connectivity index (χ1n) is 6.04. The lowest BCUT2D eigenvalue weighted by molar-refractivity contribution is -0.132. The number of hydrogen-bond acceptors (Lipinski definition) is 2. The van der Waals surface area contributed by atoms with Crippen molar-refractivity contribution in [3.05, 3.63) is 34.6 Å².